The van der Waals surface area contributed by atoms with Gasteiger partial charge in [0, 0.05) is 17.7 Å². The maximum Gasteiger partial charge on any atom is 0.120 e. The van der Waals surface area contributed by atoms with E-state index in [2.05, 4.69) is 5.92 Å². The number of terminal acetylenes is 1. The number of hydrogen-bond donors (Lipinski definition) is 2. The van der Waals surface area contributed by atoms with Crippen LogP contribution in [0.4, 0.5) is 0 Å². The van der Waals surface area contributed by atoms with Gasteiger partial charge < -0.3 is 10.8 Å². The standard InChI is InChI=1S/C13H11NO/c1-2-9-3-5-11-10(7-9)4-6-13(15)12(11)8-14/h1,3-7,15H,8,14H2. The molecule has 0 radical (unpaired) electrons. The number of phenols is 1. The Morgan fingerprint density at radius 2 is 2.07 bits per heavy atom. The number of fused-ring (bicyclic) bond motifs is 1. The Hall–Kier alpha value is -1.98. The van der Waals surface area contributed by atoms with Crippen molar-refractivity contribution in [2.24, 2.45) is 5.73 Å². The maximum absolute atomic E-state index is 9.61. The predicted octanol–water partition coefficient (Wildman–Crippen LogP) is 1.99. The summed E-state index contributed by atoms with van der Waals surface area (Å²) in [5.41, 5.74) is 7.18. The van der Waals surface area contributed by atoms with Crippen LogP contribution in [0.5, 0.6) is 5.75 Å². The van der Waals surface area contributed by atoms with Gasteiger partial charge in [0.25, 0.3) is 0 Å². The lowest BCUT2D eigenvalue weighted by Gasteiger charge is -2.07. The fraction of sp³-hybridized carbons (Fsp3) is 0.0769. The van der Waals surface area contributed by atoms with Crippen molar-refractivity contribution in [3.8, 4) is 18.1 Å². The summed E-state index contributed by atoms with van der Waals surface area (Å²) in [6.45, 7) is 0.318. The topological polar surface area (TPSA) is 46.2 Å². The Labute approximate surface area is 88.3 Å². The van der Waals surface area contributed by atoms with Gasteiger partial charge in [-0.2, -0.15) is 0 Å². The summed E-state index contributed by atoms with van der Waals surface area (Å²) in [7, 11) is 0. The Kier molecular flexibility index (Phi) is 2.32. The van der Waals surface area contributed by atoms with Crippen LogP contribution in [0.15, 0.2) is 30.3 Å². The Morgan fingerprint density at radius 1 is 1.27 bits per heavy atom. The highest BCUT2D eigenvalue weighted by molar-refractivity contribution is 5.88. The molecule has 0 unspecified atom stereocenters. The fourth-order valence-corrected chi connectivity index (χ4v) is 1.69. The molecule has 0 aliphatic carbocycles. The van der Waals surface area contributed by atoms with Crippen LogP contribution in [0.25, 0.3) is 10.8 Å². The molecule has 0 bridgehead atoms. The first-order valence-electron chi connectivity index (χ1n) is 4.67. The van der Waals surface area contributed by atoms with Crippen LogP contribution < -0.4 is 5.73 Å². The number of benzene rings is 2. The third kappa shape index (κ3) is 1.54. The molecule has 3 N–H and O–H groups in total. The fourth-order valence-electron chi connectivity index (χ4n) is 1.69. The van der Waals surface area contributed by atoms with E-state index in [4.69, 9.17) is 12.2 Å². The van der Waals surface area contributed by atoms with Gasteiger partial charge in [-0.3, -0.25) is 0 Å². The first kappa shape index (κ1) is 9.57. The first-order chi connectivity index (χ1) is 7.26. The molecule has 0 spiro atoms. The van der Waals surface area contributed by atoms with E-state index in [1.807, 2.05) is 24.3 Å². The zero-order valence-corrected chi connectivity index (χ0v) is 8.20. The maximum atomic E-state index is 9.61. The molecule has 2 nitrogen and oxygen atoms in total. The van der Waals surface area contributed by atoms with Gasteiger partial charge in [-0.1, -0.05) is 18.1 Å². The summed E-state index contributed by atoms with van der Waals surface area (Å²) in [4.78, 5) is 0. The molecule has 0 fully saturated rings. The molecule has 0 amide bonds. The van der Waals surface area contributed by atoms with Crippen LogP contribution in [0, 0.1) is 12.3 Å². The minimum Gasteiger partial charge on any atom is -0.508 e. The van der Waals surface area contributed by atoms with Gasteiger partial charge in [0.15, 0.2) is 0 Å². The van der Waals surface area contributed by atoms with Crippen LogP contribution in [0.2, 0.25) is 0 Å². The highest BCUT2D eigenvalue weighted by Crippen LogP contribution is 2.27. The van der Waals surface area contributed by atoms with E-state index in [9.17, 15) is 5.11 Å². The van der Waals surface area contributed by atoms with Crippen LogP contribution in [0.3, 0.4) is 0 Å². The molecule has 74 valence electrons. The number of nitrogens with two attached hydrogens (primary N) is 1. The third-order valence-corrected chi connectivity index (χ3v) is 2.48. The van der Waals surface area contributed by atoms with Gasteiger partial charge in [0.05, 0.1) is 0 Å². The third-order valence-electron chi connectivity index (χ3n) is 2.48. The van der Waals surface area contributed by atoms with Crippen LogP contribution in [0.1, 0.15) is 11.1 Å². The number of phenolic OH excluding ortho intramolecular Hbond substituents is 1. The largest absolute Gasteiger partial charge is 0.508 e. The van der Waals surface area contributed by atoms with Crippen LogP contribution in [-0.2, 0) is 6.54 Å². The molecule has 2 heteroatoms. The minimum atomic E-state index is 0.235. The van der Waals surface area contributed by atoms with Crippen molar-refractivity contribution in [1.29, 1.82) is 0 Å². The van der Waals surface area contributed by atoms with E-state index in [0.29, 0.717) is 6.54 Å². The van der Waals surface area contributed by atoms with Gasteiger partial charge in [-0.25, -0.2) is 0 Å². The second-order valence-electron chi connectivity index (χ2n) is 3.35. The van der Waals surface area contributed by atoms with Crippen LogP contribution in [-0.4, -0.2) is 5.11 Å². The lowest BCUT2D eigenvalue weighted by Crippen LogP contribution is -1.97. The van der Waals surface area contributed by atoms with E-state index >= 15 is 0 Å². The van der Waals surface area contributed by atoms with Gasteiger partial charge >= 0.3 is 0 Å². The van der Waals surface area contributed by atoms with Gasteiger partial charge in [0.2, 0.25) is 0 Å². The first-order valence-corrected chi connectivity index (χ1v) is 4.67. The van der Waals surface area contributed by atoms with Gasteiger partial charge in [0.1, 0.15) is 5.75 Å². The molecule has 0 aliphatic heterocycles. The lowest BCUT2D eigenvalue weighted by molar-refractivity contribution is 0.469. The molecule has 0 saturated heterocycles. The Bertz CT molecular complexity index is 552. The van der Waals surface area contributed by atoms with Crippen molar-refractivity contribution in [3.63, 3.8) is 0 Å². The predicted molar refractivity (Wildman–Crippen MR) is 61.4 cm³/mol. The Balaban J connectivity index is 2.79. The van der Waals surface area contributed by atoms with Gasteiger partial charge in [-0.05, 0) is 29.0 Å². The molecule has 0 heterocycles. The molecule has 0 aromatic heterocycles. The lowest BCUT2D eigenvalue weighted by atomic mass is 10.0. The van der Waals surface area contributed by atoms with Gasteiger partial charge in [-0.15, -0.1) is 6.42 Å². The molecule has 15 heavy (non-hydrogen) atoms. The number of hydrogen-bond acceptors (Lipinski definition) is 2. The summed E-state index contributed by atoms with van der Waals surface area (Å²) in [6.07, 6.45) is 5.32. The molecule has 0 saturated carbocycles. The SMILES string of the molecule is C#Cc1ccc2c(CN)c(O)ccc2c1. The summed E-state index contributed by atoms with van der Waals surface area (Å²) < 4.78 is 0. The van der Waals surface area contributed by atoms with E-state index in [1.165, 1.54) is 0 Å². The van der Waals surface area contributed by atoms with Crippen LogP contribution >= 0.6 is 0 Å². The summed E-state index contributed by atoms with van der Waals surface area (Å²) in [6, 6.07) is 9.14. The zero-order chi connectivity index (χ0) is 10.8. The van der Waals surface area contributed by atoms with E-state index < -0.39 is 0 Å². The molecule has 0 atom stereocenters. The van der Waals surface area contributed by atoms with Crippen molar-refractivity contribution in [2.75, 3.05) is 0 Å². The molecular formula is C13H11NO. The zero-order valence-electron chi connectivity index (χ0n) is 8.20. The Morgan fingerprint density at radius 3 is 2.73 bits per heavy atom. The minimum absolute atomic E-state index is 0.235. The average molecular weight is 197 g/mol. The number of rotatable bonds is 1. The van der Waals surface area contributed by atoms with Crippen molar-refractivity contribution >= 4 is 10.8 Å². The van der Waals surface area contributed by atoms with E-state index in [1.54, 1.807) is 6.07 Å². The monoisotopic (exact) mass is 197 g/mol. The molecular weight excluding hydrogens is 186 g/mol. The van der Waals surface area contributed by atoms with E-state index in [0.717, 1.165) is 21.9 Å². The van der Waals surface area contributed by atoms with Crippen molar-refractivity contribution in [2.45, 2.75) is 6.54 Å². The molecule has 0 aliphatic rings. The smallest absolute Gasteiger partial charge is 0.120 e. The quantitative estimate of drug-likeness (QED) is 0.687. The number of aromatic hydroxyl groups is 1. The van der Waals surface area contributed by atoms with Crippen molar-refractivity contribution in [3.05, 3.63) is 41.5 Å². The summed E-state index contributed by atoms with van der Waals surface area (Å²) in [5, 5.41) is 11.6. The average Bonchev–Trinajstić information content (AvgIpc) is 2.28. The molecule has 2 aromatic carbocycles. The second-order valence-corrected chi connectivity index (χ2v) is 3.35. The molecule has 2 rings (SSSR count). The van der Waals surface area contributed by atoms with Crippen molar-refractivity contribution < 1.29 is 5.11 Å². The van der Waals surface area contributed by atoms with Crippen molar-refractivity contribution in [1.82, 2.24) is 0 Å². The second kappa shape index (κ2) is 3.64. The normalized spacial score (nSPS) is 10.1. The highest BCUT2D eigenvalue weighted by Gasteiger charge is 2.04. The summed E-state index contributed by atoms with van der Waals surface area (Å²) >= 11 is 0. The molecule has 2 aromatic rings. The highest BCUT2D eigenvalue weighted by atomic mass is 16.3. The van der Waals surface area contributed by atoms with E-state index in [-0.39, 0.29) is 5.75 Å². The summed E-state index contributed by atoms with van der Waals surface area (Å²) in [5.74, 6) is 2.81.